The standard InChI is InChI=1S/C21H32N6O/c1-16(2)13-26-10-5-18-19(23-15-22-18)21(26)6-11-25(12-7-21)20(28)17(3)14-27-9-4-8-24-27/h4,8-9,15-17H,5-7,10-14H2,1-3H3,(H,22,23)/t17-/m1/s1. The van der Waals surface area contributed by atoms with Gasteiger partial charge >= 0.3 is 0 Å². The Bertz CT molecular complexity index is 788. The summed E-state index contributed by atoms with van der Waals surface area (Å²) in [6.45, 7) is 10.9. The number of hydrogen-bond acceptors (Lipinski definition) is 4. The summed E-state index contributed by atoms with van der Waals surface area (Å²) in [6.07, 6.45) is 8.47. The van der Waals surface area contributed by atoms with E-state index in [2.05, 4.69) is 28.8 Å². The Balaban J connectivity index is 1.47. The molecule has 1 spiro atoms. The van der Waals surface area contributed by atoms with E-state index in [9.17, 15) is 4.79 Å². The van der Waals surface area contributed by atoms with Crippen LogP contribution in [0.25, 0.3) is 0 Å². The van der Waals surface area contributed by atoms with Crippen LogP contribution in [-0.2, 0) is 23.3 Å². The summed E-state index contributed by atoms with van der Waals surface area (Å²) in [5, 5.41) is 4.24. The van der Waals surface area contributed by atoms with Gasteiger partial charge in [-0.25, -0.2) is 4.98 Å². The van der Waals surface area contributed by atoms with Gasteiger partial charge in [0.15, 0.2) is 0 Å². The van der Waals surface area contributed by atoms with Gasteiger partial charge in [-0.15, -0.1) is 0 Å². The van der Waals surface area contributed by atoms with Crippen molar-refractivity contribution >= 4 is 5.91 Å². The minimum atomic E-state index is -0.0620. The van der Waals surface area contributed by atoms with Gasteiger partial charge in [0, 0.05) is 50.7 Å². The van der Waals surface area contributed by atoms with Gasteiger partial charge in [-0.1, -0.05) is 20.8 Å². The van der Waals surface area contributed by atoms with Crippen LogP contribution in [0.5, 0.6) is 0 Å². The Labute approximate surface area is 167 Å². The zero-order chi connectivity index (χ0) is 19.7. The fourth-order valence-corrected chi connectivity index (χ4v) is 4.96. The molecule has 0 aliphatic carbocycles. The summed E-state index contributed by atoms with van der Waals surface area (Å²) in [4.78, 5) is 25.8. The largest absolute Gasteiger partial charge is 0.348 e. The number of carbonyl (C=O) groups excluding carboxylic acids is 1. The normalized spacial score (nSPS) is 20.5. The van der Waals surface area contributed by atoms with Gasteiger partial charge in [0.2, 0.25) is 5.91 Å². The second-order valence-electron chi connectivity index (χ2n) is 8.81. The fourth-order valence-electron chi connectivity index (χ4n) is 4.96. The molecule has 4 rings (SSSR count). The van der Waals surface area contributed by atoms with E-state index in [4.69, 9.17) is 4.98 Å². The summed E-state index contributed by atoms with van der Waals surface area (Å²) in [5.74, 6) is 0.790. The van der Waals surface area contributed by atoms with E-state index in [0.29, 0.717) is 12.5 Å². The summed E-state index contributed by atoms with van der Waals surface area (Å²) in [7, 11) is 0. The Kier molecular flexibility index (Phi) is 5.27. The number of nitrogens with one attached hydrogen (secondary N) is 1. The molecule has 152 valence electrons. The van der Waals surface area contributed by atoms with Gasteiger partial charge in [-0.3, -0.25) is 14.4 Å². The summed E-state index contributed by atoms with van der Waals surface area (Å²) in [6, 6.07) is 1.90. The van der Waals surface area contributed by atoms with E-state index in [1.165, 1.54) is 11.4 Å². The van der Waals surface area contributed by atoms with E-state index < -0.39 is 0 Å². The molecular weight excluding hydrogens is 352 g/mol. The molecule has 1 amide bonds. The lowest BCUT2D eigenvalue weighted by atomic mass is 9.78. The van der Waals surface area contributed by atoms with Gasteiger partial charge < -0.3 is 9.88 Å². The number of carbonyl (C=O) groups is 1. The zero-order valence-electron chi connectivity index (χ0n) is 17.3. The quantitative estimate of drug-likeness (QED) is 0.859. The van der Waals surface area contributed by atoms with Crippen LogP contribution in [0.15, 0.2) is 24.8 Å². The Morgan fingerprint density at radius 3 is 2.68 bits per heavy atom. The lowest BCUT2D eigenvalue weighted by Gasteiger charge is -2.51. The third-order valence-electron chi connectivity index (χ3n) is 6.33. The molecule has 2 aromatic heterocycles. The minimum Gasteiger partial charge on any atom is -0.348 e. The zero-order valence-corrected chi connectivity index (χ0v) is 17.3. The Hall–Kier alpha value is -2.15. The molecule has 2 aliphatic rings. The van der Waals surface area contributed by atoms with Gasteiger partial charge in [-0.2, -0.15) is 5.10 Å². The number of piperidine rings is 1. The summed E-state index contributed by atoms with van der Waals surface area (Å²) in [5.41, 5.74) is 2.47. The predicted octanol–water partition coefficient (Wildman–Crippen LogP) is 2.27. The highest BCUT2D eigenvalue weighted by Crippen LogP contribution is 2.42. The average molecular weight is 385 g/mol. The second kappa shape index (κ2) is 7.70. The van der Waals surface area contributed by atoms with E-state index in [1.54, 1.807) is 6.20 Å². The smallest absolute Gasteiger partial charge is 0.227 e. The van der Waals surface area contributed by atoms with Crippen LogP contribution in [0.3, 0.4) is 0 Å². The highest BCUT2D eigenvalue weighted by molar-refractivity contribution is 5.78. The van der Waals surface area contributed by atoms with Gasteiger partial charge in [-0.05, 0) is 24.8 Å². The average Bonchev–Trinajstić information content (AvgIpc) is 3.36. The molecule has 0 radical (unpaired) electrons. The van der Waals surface area contributed by atoms with Crippen LogP contribution in [-0.4, -0.2) is 61.6 Å². The molecule has 0 unspecified atom stereocenters. The number of rotatable bonds is 5. The lowest BCUT2D eigenvalue weighted by molar-refractivity contribution is -0.139. The number of nitrogens with zero attached hydrogens (tertiary/aromatic N) is 5. The van der Waals surface area contributed by atoms with E-state index in [0.717, 1.165) is 45.4 Å². The van der Waals surface area contributed by atoms with Crippen molar-refractivity contribution in [1.82, 2.24) is 29.5 Å². The third-order valence-corrected chi connectivity index (χ3v) is 6.33. The molecule has 2 aromatic rings. The van der Waals surface area contributed by atoms with Crippen LogP contribution < -0.4 is 0 Å². The van der Waals surface area contributed by atoms with E-state index in [-0.39, 0.29) is 17.4 Å². The fraction of sp³-hybridized carbons (Fsp3) is 0.667. The van der Waals surface area contributed by atoms with Crippen molar-refractivity contribution in [3.8, 4) is 0 Å². The first-order chi connectivity index (χ1) is 13.5. The molecule has 0 saturated carbocycles. The molecule has 1 N–H and O–H groups in total. The highest BCUT2D eigenvalue weighted by Gasteiger charge is 2.47. The van der Waals surface area contributed by atoms with Crippen molar-refractivity contribution in [3.05, 3.63) is 36.2 Å². The molecule has 28 heavy (non-hydrogen) atoms. The Morgan fingerprint density at radius 1 is 1.21 bits per heavy atom. The highest BCUT2D eigenvalue weighted by atomic mass is 16.2. The van der Waals surface area contributed by atoms with Crippen molar-refractivity contribution in [1.29, 1.82) is 0 Å². The third kappa shape index (κ3) is 3.48. The second-order valence-corrected chi connectivity index (χ2v) is 8.81. The van der Waals surface area contributed by atoms with Crippen LogP contribution in [0.4, 0.5) is 0 Å². The molecule has 7 heteroatoms. The minimum absolute atomic E-state index is 0.0279. The first kappa shape index (κ1) is 19.2. The van der Waals surface area contributed by atoms with Crippen molar-refractivity contribution in [2.75, 3.05) is 26.2 Å². The first-order valence-electron chi connectivity index (χ1n) is 10.5. The van der Waals surface area contributed by atoms with Crippen molar-refractivity contribution in [3.63, 3.8) is 0 Å². The van der Waals surface area contributed by atoms with Crippen molar-refractivity contribution in [2.24, 2.45) is 11.8 Å². The number of amides is 1. The number of fused-ring (bicyclic) bond motifs is 2. The van der Waals surface area contributed by atoms with E-state index in [1.807, 2.05) is 35.1 Å². The van der Waals surface area contributed by atoms with E-state index >= 15 is 0 Å². The first-order valence-corrected chi connectivity index (χ1v) is 10.5. The number of imidazole rings is 1. The maximum Gasteiger partial charge on any atom is 0.227 e. The maximum atomic E-state index is 13.0. The van der Waals surface area contributed by atoms with Gasteiger partial charge in [0.25, 0.3) is 0 Å². The van der Waals surface area contributed by atoms with Crippen molar-refractivity contribution in [2.45, 2.75) is 52.1 Å². The number of likely N-dealkylation sites (tertiary alicyclic amines) is 1. The van der Waals surface area contributed by atoms with Crippen LogP contribution in [0.1, 0.15) is 45.0 Å². The maximum absolute atomic E-state index is 13.0. The number of hydrogen-bond donors (Lipinski definition) is 1. The lowest BCUT2D eigenvalue weighted by Crippen LogP contribution is -2.58. The SMILES string of the molecule is CC(C)CN1CCc2[nH]cnc2C12CCN(C(=O)[C@H](C)Cn1cccn1)CC2. The van der Waals surface area contributed by atoms with Crippen LogP contribution >= 0.6 is 0 Å². The molecular formula is C21H32N6O. The molecule has 7 nitrogen and oxygen atoms in total. The number of aromatic amines is 1. The molecule has 0 aromatic carbocycles. The molecule has 2 aliphatic heterocycles. The van der Waals surface area contributed by atoms with Crippen molar-refractivity contribution < 1.29 is 4.79 Å². The molecule has 1 fully saturated rings. The summed E-state index contributed by atoms with van der Waals surface area (Å²) >= 11 is 0. The Morgan fingerprint density at radius 2 is 2.00 bits per heavy atom. The summed E-state index contributed by atoms with van der Waals surface area (Å²) < 4.78 is 1.84. The monoisotopic (exact) mass is 384 g/mol. The number of aromatic nitrogens is 4. The van der Waals surface area contributed by atoms with Crippen LogP contribution in [0.2, 0.25) is 0 Å². The molecule has 1 saturated heterocycles. The topological polar surface area (TPSA) is 70.1 Å². The molecule has 4 heterocycles. The molecule has 0 bridgehead atoms. The van der Waals surface area contributed by atoms with Gasteiger partial charge in [0.05, 0.1) is 30.0 Å². The number of H-pyrrole nitrogens is 1. The van der Waals surface area contributed by atoms with Crippen LogP contribution in [0, 0.1) is 11.8 Å². The molecule has 1 atom stereocenters. The van der Waals surface area contributed by atoms with Gasteiger partial charge in [0.1, 0.15) is 0 Å². The predicted molar refractivity (Wildman–Crippen MR) is 108 cm³/mol.